The largest absolute Gasteiger partial charge is 0.477 e. The van der Waals surface area contributed by atoms with Gasteiger partial charge in [0.2, 0.25) is 5.91 Å². The van der Waals surface area contributed by atoms with Crippen molar-refractivity contribution in [3.8, 4) is 11.1 Å². The Bertz CT molecular complexity index is 802. The van der Waals surface area contributed by atoms with Gasteiger partial charge in [0.25, 0.3) is 0 Å². The van der Waals surface area contributed by atoms with Crippen LogP contribution in [0.15, 0.2) is 36.5 Å². The molecule has 124 valence electrons. The first kappa shape index (κ1) is 16.1. The number of carbonyl (C=O) groups excluding carboxylic acids is 1. The molecule has 2 heterocycles. The molecular weight excluding hydrogens is 306 g/mol. The fraction of sp³-hybridized carbons (Fsp3) is 0.278. The number of carboxylic acids is 1. The third kappa shape index (κ3) is 2.76. The molecule has 0 fully saturated rings. The van der Waals surface area contributed by atoms with Crippen LogP contribution in [0.4, 0.5) is 5.69 Å². The summed E-state index contributed by atoms with van der Waals surface area (Å²) < 4.78 is 0. The second-order valence-electron chi connectivity index (χ2n) is 6.09. The van der Waals surface area contributed by atoms with Gasteiger partial charge in [0, 0.05) is 36.5 Å². The summed E-state index contributed by atoms with van der Waals surface area (Å²) in [5, 5.41) is 8.93. The van der Waals surface area contributed by atoms with Crippen LogP contribution in [0.3, 0.4) is 0 Å². The number of carboxylic acid groups (broad SMARTS) is 1. The van der Waals surface area contributed by atoms with E-state index in [0.717, 1.165) is 22.4 Å². The Hall–Kier alpha value is -2.73. The van der Waals surface area contributed by atoms with Crippen LogP contribution in [-0.2, 0) is 4.79 Å². The monoisotopic (exact) mass is 325 g/mol. The van der Waals surface area contributed by atoms with Gasteiger partial charge in [0.05, 0.1) is 0 Å². The number of hydrogen-bond donors (Lipinski definition) is 2. The molecule has 1 aromatic heterocycles. The topological polar surface area (TPSA) is 96.5 Å². The van der Waals surface area contributed by atoms with Crippen LogP contribution < -0.4 is 10.6 Å². The third-order valence-corrected chi connectivity index (χ3v) is 4.38. The van der Waals surface area contributed by atoms with Gasteiger partial charge in [-0.05, 0) is 42.7 Å². The van der Waals surface area contributed by atoms with E-state index in [-0.39, 0.29) is 23.7 Å². The zero-order chi connectivity index (χ0) is 17.4. The summed E-state index contributed by atoms with van der Waals surface area (Å²) in [5.74, 6) is -1.06. The van der Waals surface area contributed by atoms with Crippen molar-refractivity contribution in [2.75, 3.05) is 4.90 Å². The van der Waals surface area contributed by atoms with Gasteiger partial charge in [-0.25, -0.2) is 9.78 Å². The number of fused-ring (bicyclic) bond motifs is 1. The Labute approximate surface area is 139 Å². The van der Waals surface area contributed by atoms with Gasteiger partial charge >= 0.3 is 5.97 Å². The van der Waals surface area contributed by atoms with Gasteiger partial charge in [-0.2, -0.15) is 0 Å². The SMILES string of the molecule is CC(=O)N1c2ccc(-c3ccc(C(=O)O)nc3)cc2C(N)CC1C. The van der Waals surface area contributed by atoms with E-state index >= 15 is 0 Å². The lowest BCUT2D eigenvalue weighted by molar-refractivity contribution is -0.117. The molecule has 6 heteroatoms. The Morgan fingerprint density at radius 3 is 2.54 bits per heavy atom. The van der Waals surface area contributed by atoms with Crippen molar-refractivity contribution in [3.05, 3.63) is 47.8 Å². The second-order valence-corrected chi connectivity index (χ2v) is 6.09. The molecule has 0 radical (unpaired) electrons. The minimum absolute atomic E-state index is 0.00382. The highest BCUT2D eigenvalue weighted by Gasteiger charge is 2.30. The molecule has 6 nitrogen and oxygen atoms in total. The normalized spacial score (nSPS) is 19.7. The first-order chi connectivity index (χ1) is 11.4. The van der Waals surface area contributed by atoms with Crippen molar-refractivity contribution in [2.24, 2.45) is 5.73 Å². The summed E-state index contributed by atoms with van der Waals surface area (Å²) in [5.41, 5.74) is 9.75. The number of nitrogens with two attached hydrogens (primary N) is 1. The van der Waals surface area contributed by atoms with E-state index in [2.05, 4.69) is 4.98 Å². The minimum Gasteiger partial charge on any atom is -0.477 e. The van der Waals surface area contributed by atoms with Gasteiger partial charge in [-0.1, -0.05) is 12.1 Å². The first-order valence-electron chi connectivity index (χ1n) is 7.77. The Balaban J connectivity index is 2.03. The highest BCUT2D eigenvalue weighted by Crippen LogP contribution is 2.38. The average molecular weight is 325 g/mol. The predicted molar refractivity (Wildman–Crippen MR) is 90.8 cm³/mol. The average Bonchev–Trinajstić information content (AvgIpc) is 2.54. The molecule has 3 rings (SSSR count). The van der Waals surface area contributed by atoms with Gasteiger partial charge in [-0.15, -0.1) is 0 Å². The molecule has 2 atom stereocenters. The maximum Gasteiger partial charge on any atom is 0.354 e. The number of pyridine rings is 1. The maximum atomic E-state index is 12.0. The number of aromatic carboxylic acids is 1. The molecule has 0 bridgehead atoms. The van der Waals surface area contributed by atoms with Crippen LogP contribution in [0.1, 0.15) is 42.4 Å². The van der Waals surface area contributed by atoms with E-state index in [1.165, 1.54) is 12.3 Å². The molecule has 24 heavy (non-hydrogen) atoms. The van der Waals surface area contributed by atoms with Crippen molar-refractivity contribution in [3.63, 3.8) is 0 Å². The Morgan fingerprint density at radius 1 is 1.25 bits per heavy atom. The van der Waals surface area contributed by atoms with Crippen molar-refractivity contribution >= 4 is 17.6 Å². The smallest absolute Gasteiger partial charge is 0.354 e. The quantitative estimate of drug-likeness (QED) is 0.884. The minimum atomic E-state index is -1.06. The lowest BCUT2D eigenvalue weighted by Gasteiger charge is -2.37. The first-order valence-corrected chi connectivity index (χ1v) is 7.77. The molecule has 0 spiro atoms. The molecule has 1 amide bonds. The Morgan fingerprint density at radius 2 is 1.96 bits per heavy atom. The van der Waals surface area contributed by atoms with Gasteiger partial charge in [0.1, 0.15) is 5.69 Å². The lowest BCUT2D eigenvalue weighted by Crippen LogP contribution is -2.43. The van der Waals surface area contributed by atoms with Crippen LogP contribution >= 0.6 is 0 Å². The van der Waals surface area contributed by atoms with Gasteiger partial charge in [0.15, 0.2) is 0 Å². The third-order valence-electron chi connectivity index (χ3n) is 4.38. The van der Waals surface area contributed by atoms with E-state index in [1.807, 2.05) is 25.1 Å². The van der Waals surface area contributed by atoms with E-state index < -0.39 is 5.97 Å². The van der Waals surface area contributed by atoms with E-state index in [4.69, 9.17) is 10.8 Å². The van der Waals surface area contributed by atoms with Crippen LogP contribution in [0.5, 0.6) is 0 Å². The summed E-state index contributed by atoms with van der Waals surface area (Å²) in [6, 6.07) is 8.87. The number of amides is 1. The number of nitrogens with zero attached hydrogens (tertiary/aromatic N) is 2. The van der Waals surface area contributed by atoms with Crippen LogP contribution in [0.2, 0.25) is 0 Å². The summed E-state index contributed by atoms with van der Waals surface area (Å²) in [7, 11) is 0. The molecule has 1 aliphatic heterocycles. The van der Waals surface area contributed by atoms with Crippen molar-refractivity contribution in [1.29, 1.82) is 0 Å². The summed E-state index contributed by atoms with van der Waals surface area (Å²) in [4.78, 5) is 28.6. The van der Waals surface area contributed by atoms with Crippen LogP contribution in [0, 0.1) is 0 Å². The molecule has 0 aliphatic carbocycles. The molecule has 1 aliphatic rings. The zero-order valence-corrected chi connectivity index (χ0v) is 13.6. The lowest BCUT2D eigenvalue weighted by atomic mass is 9.90. The molecule has 2 unspecified atom stereocenters. The number of hydrogen-bond acceptors (Lipinski definition) is 4. The molecular formula is C18H19N3O3. The van der Waals surface area contributed by atoms with Crippen LogP contribution in [0.25, 0.3) is 11.1 Å². The van der Waals surface area contributed by atoms with E-state index in [1.54, 1.807) is 17.9 Å². The van der Waals surface area contributed by atoms with Crippen molar-refractivity contribution < 1.29 is 14.7 Å². The highest BCUT2D eigenvalue weighted by molar-refractivity contribution is 5.94. The standard InChI is InChI=1S/C18H19N3O3/c1-10-7-15(19)14-8-12(4-6-17(14)21(10)11(2)22)13-3-5-16(18(23)24)20-9-13/h3-6,8-10,15H,7,19H2,1-2H3,(H,23,24). The Kier molecular flexibility index (Phi) is 4.07. The maximum absolute atomic E-state index is 12.0. The molecule has 1 aromatic carbocycles. The number of carbonyl (C=O) groups is 2. The van der Waals surface area contributed by atoms with Crippen molar-refractivity contribution in [1.82, 2.24) is 4.98 Å². The van der Waals surface area contributed by atoms with Crippen LogP contribution in [-0.4, -0.2) is 28.0 Å². The zero-order valence-electron chi connectivity index (χ0n) is 13.6. The fourth-order valence-corrected chi connectivity index (χ4v) is 3.26. The second kappa shape index (κ2) is 6.05. The van der Waals surface area contributed by atoms with Gasteiger partial charge < -0.3 is 15.7 Å². The molecule has 3 N–H and O–H groups in total. The molecule has 0 saturated carbocycles. The summed E-state index contributed by atoms with van der Waals surface area (Å²) >= 11 is 0. The summed E-state index contributed by atoms with van der Waals surface area (Å²) in [6.45, 7) is 3.55. The summed E-state index contributed by atoms with van der Waals surface area (Å²) in [6.07, 6.45) is 2.23. The number of rotatable bonds is 2. The molecule has 2 aromatic rings. The molecule has 0 saturated heterocycles. The van der Waals surface area contributed by atoms with Gasteiger partial charge in [-0.3, -0.25) is 4.79 Å². The number of anilines is 1. The highest BCUT2D eigenvalue weighted by atomic mass is 16.4. The number of aromatic nitrogens is 1. The predicted octanol–water partition coefficient (Wildman–Crippen LogP) is 2.59. The van der Waals surface area contributed by atoms with Crippen molar-refractivity contribution in [2.45, 2.75) is 32.4 Å². The van der Waals surface area contributed by atoms with E-state index in [0.29, 0.717) is 6.42 Å². The fourth-order valence-electron chi connectivity index (χ4n) is 3.26. The van der Waals surface area contributed by atoms with E-state index in [9.17, 15) is 9.59 Å². The number of benzene rings is 1.